The van der Waals surface area contributed by atoms with E-state index in [2.05, 4.69) is 0 Å². The number of alkyl halides is 3. The molecule has 1 fully saturated rings. The van der Waals surface area contributed by atoms with Gasteiger partial charge in [0.2, 0.25) is 5.91 Å². The van der Waals surface area contributed by atoms with Gasteiger partial charge in [-0.25, -0.2) is 0 Å². The molecule has 1 aliphatic rings. The van der Waals surface area contributed by atoms with Crippen LogP contribution >= 0.6 is 11.8 Å². The Bertz CT molecular complexity index is 1270. The summed E-state index contributed by atoms with van der Waals surface area (Å²) in [5.41, 5.74) is 6.12. The van der Waals surface area contributed by atoms with Crippen LogP contribution in [0.1, 0.15) is 29.5 Å². The normalized spacial score (nSPS) is 17.2. The van der Waals surface area contributed by atoms with Crippen LogP contribution in [0, 0.1) is 5.92 Å². The molecule has 3 aromatic rings. The molecule has 34 heavy (non-hydrogen) atoms. The number of aromatic nitrogens is 1. The smallest absolute Gasteiger partial charge is 0.369 e. The van der Waals surface area contributed by atoms with Crippen LogP contribution in [0.25, 0.3) is 10.9 Å². The Morgan fingerprint density at radius 2 is 1.94 bits per heavy atom. The van der Waals surface area contributed by atoms with Gasteiger partial charge in [0, 0.05) is 23.5 Å². The SMILES string of the molecule is CSc1ccc2cc(CN3CCC[C@@H](C(N)=O)C3)c(=O)n(Cc3cccc(C(F)(F)F)c3)c2c1. The van der Waals surface area contributed by atoms with Gasteiger partial charge < -0.3 is 10.3 Å². The molecule has 0 bridgehead atoms. The molecule has 1 saturated heterocycles. The van der Waals surface area contributed by atoms with Gasteiger partial charge in [-0.2, -0.15) is 13.2 Å². The molecule has 0 aliphatic carbocycles. The highest BCUT2D eigenvalue weighted by Crippen LogP contribution is 2.30. The number of hydrogen-bond donors (Lipinski definition) is 1. The van der Waals surface area contributed by atoms with E-state index in [1.807, 2.05) is 35.4 Å². The van der Waals surface area contributed by atoms with E-state index in [4.69, 9.17) is 5.73 Å². The number of carbonyl (C=O) groups is 1. The third-order valence-corrected chi connectivity index (χ3v) is 7.00. The number of benzene rings is 2. The third-order valence-electron chi connectivity index (χ3n) is 6.27. The summed E-state index contributed by atoms with van der Waals surface area (Å²) in [4.78, 5) is 28.2. The van der Waals surface area contributed by atoms with Gasteiger partial charge in [0.1, 0.15) is 0 Å². The van der Waals surface area contributed by atoms with Crippen LogP contribution in [0.5, 0.6) is 0 Å². The van der Waals surface area contributed by atoms with Gasteiger partial charge in [-0.05, 0) is 66.9 Å². The average Bonchev–Trinajstić information content (AvgIpc) is 2.81. The largest absolute Gasteiger partial charge is 0.416 e. The lowest BCUT2D eigenvalue weighted by atomic mass is 9.97. The molecule has 2 aromatic carbocycles. The first-order chi connectivity index (χ1) is 16.2. The molecule has 0 spiro atoms. The van der Waals surface area contributed by atoms with E-state index >= 15 is 0 Å². The van der Waals surface area contributed by atoms with Crippen molar-refractivity contribution < 1.29 is 18.0 Å². The summed E-state index contributed by atoms with van der Waals surface area (Å²) in [5.74, 6) is -0.583. The van der Waals surface area contributed by atoms with Gasteiger partial charge in [0.25, 0.3) is 5.56 Å². The number of halogens is 3. The molecule has 180 valence electrons. The Labute approximate surface area is 199 Å². The molecular formula is C25H26F3N3O2S. The molecule has 0 unspecified atom stereocenters. The molecule has 2 N–H and O–H groups in total. The van der Waals surface area contributed by atoms with Crippen LogP contribution in [0.4, 0.5) is 13.2 Å². The lowest BCUT2D eigenvalue weighted by molar-refractivity contribution is -0.137. The number of pyridine rings is 1. The van der Waals surface area contributed by atoms with Crippen molar-refractivity contribution in [2.75, 3.05) is 19.3 Å². The highest BCUT2D eigenvalue weighted by Gasteiger charge is 2.30. The van der Waals surface area contributed by atoms with Gasteiger partial charge >= 0.3 is 6.18 Å². The van der Waals surface area contributed by atoms with Crippen molar-refractivity contribution in [3.05, 3.63) is 75.6 Å². The van der Waals surface area contributed by atoms with Crippen molar-refractivity contribution in [1.82, 2.24) is 9.47 Å². The maximum Gasteiger partial charge on any atom is 0.416 e. The summed E-state index contributed by atoms with van der Waals surface area (Å²) in [6.45, 7) is 1.62. The Morgan fingerprint density at radius 3 is 2.65 bits per heavy atom. The number of likely N-dealkylation sites (tertiary alicyclic amines) is 1. The van der Waals surface area contributed by atoms with Crippen molar-refractivity contribution in [2.45, 2.75) is 37.0 Å². The fourth-order valence-electron chi connectivity index (χ4n) is 4.51. The zero-order valence-electron chi connectivity index (χ0n) is 18.8. The zero-order chi connectivity index (χ0) is 24.5. The first kappa shape index (κ1) is 24.3. The van der Waals surface area contributed by atoms with Crippen LogP contribution in [-0.4, -0.2) is 34.7 Å². The van der Waals surface area contributed by atoms with Gasteiger partial charge in [-0.3, -0.25) is 14.5 Å². The number of nitrogens with zero attached hydrogens (tertiary/aromatic N) is 2. The van der Waals surface area contributed by atoms with E-state index in [0.717, 1.165) is 41.8 Å². The van der Waals surface area contributed by atoms with Crippen molar-refractivity contribution in [1.29, 1.82) is 0 Å². The van der Waals surface area contributed by atoms with E-state index in [1.54, 1.807) is 10.6 Å². The van der Waals surface area contributed by atoms with E-state index in [1.165, 1.54) is 17.8 Å². The molecule has 9 heteroatoms. The summed E-state index contributed by atoms with van der Waals surface area (Å²) in [6, 6.07) is 12.7. The maximum absolute atomic E-state index is 13.6. The Balaban J connectivity index is 1.76. The second-order valence-electron chi connectivity index (χ2n) is 8.66. The second kappa shape index (κ2) is 9.84. The molecule has 5 nitrogen and oxygen atoms in total. The Kier molecular flexibility index (Phi) is 7.04. The lowest BCUT2D eigenvalue weighted by Crippen LogP contribution is -2.41. The van der Waals surface area contributed by atoms with Crippen LogP contribution < -0.4 is 11.3 Å². The monoisotopic (exact) mass is 489 g/mol. The summed E-state index contributed by atoms with van der Waals surface area (Å²) in [5, 5.41) is 0.836. The molecule has 1 amide bonds. The van der Waals surface area contributed by atoms with Crippen molar-refractivity contribution in [3.8, 4) is 0 Å². The minimum absolute atomic E-state index is 0.0227. The molecule has 1 aliphatic heterocycles. The lowest BCUT2D eigenvalue weighted by Gasteiger charge is -2.31. The number of rotatable bonds is 6. The van der Waals surface area contributed by atoms with Gasteiger partial charge in [-0.1, -0.05) is 18.2 Å². The number of thioether (sulfide) groups is 1. The standard InChI is InChI=1S/C25H26F3N3O2S/c1-34-21-8-7-17-11-19(15-30-9-3-5-18(14-30)23(29)32)24(33)31(22(17)12-21)13-16-4-2-6-20(10-16)25(26,27)28/h2,4,6-8,10-12,18H,3,5,9,13-15H2,1H3,(H2,29,32)/t18-/m1/s1. The van der Waals surface area contributed by atoms with Gasteiger partial charge in [0.15, 0.2) is 0 Å². The molecule has 0 radical (unpaired) electrons. The minimum Gasteiger partial charge on any atom is -0.369 e. The molecule has 4 rings (SSSR count). The summed E-state index contributed by atoms with van der Waals surface area (Å²) in [6.07, 6.45) is -0.976. The summed E-state index contributed by atoms with van der Waals surface area (Å²) in [7, 11) is 0. The molecule has 1 atom stereocenters. The van der Waals surface area contributed by atoms with E-state index in [0.29, 0.717) is 29.7 Å². The van der Waals surface area contributed by atoms with Gasteiger partial charge in [-0.15, -0.1) is 11.8 Å². The second-order valence-corrected chi connectivity index (χ2v) is 9.54. The predicted octanol–water partition coefficient (Wildman–Crippen LogP) is 4.49. The topological polar surface area (TPSA) is 68.3 Å². The number of carbonyl (C=O) groups excluding carboxylic acids is 1. The van der Waals surface area contributed by atoms with E-state index in [9.17, 15) is 22.8 Å². The minimum atomic E-state index is -4.46. The van der Waals surface area contributed by atoms with Crippen molar-refractivity contribution >= 4 is 28.6 Å². The van der Waals surface area contributed by atoms with Crippen LogP contribution in [0.2, 0.25) is 0 Å². The fraction of sp³-hybridized carbons (Fsp3) is 0.360. The van der Waals surface area contributed by atoms with Gasteiger partial charge in [0.05, 0.1) is 23.5 Å². The first-order valence-electron chi connectivity index (χ1n) is 11.0. The highest BCUT2D eigenvalue weighted by atomic mass is 32.2. The Hall–Kier alpha value is -2.78. The highest BCUT2D eigenvalue weighted by molar-refractivity contribution is 7.98. The van der Waals surface area contributed by atoms with E-state index in [-0.39, 0.29) is 23.9 Å². The predicted molar refractivity (Wildman–Crippen MR) is 128 cm³/mol. The molecular weight excluding hydrogens is 463 g/mol. The van der Waals surface area contributed by atoms with E-state index < -0.39 is 11.7 Å². The van der Waals surface area contributed by atoms with Crippen molar-refractivity contribution in [2.24, 2.45) is 11.7 Å². The zero-order valence-corrected chi connectivity index (χ0v) is 19.6. The summed E-state index contributed by atoms with van der Waals surface area (Å²) >= 11 is 1.53. The third kappa shape index (κ3) is 5.31. The number of amides is 1. The number of piperidine rings is 1. The quantitative estimate of drug-likeness (QED) is 0.518. The maximum atomic E-state index is 13.6. The first-order valence-corrected chi connectivity index (χ1v) is 12.3. The number of fused-ring (bicyclic) bond motifs is 1. The van der Waals surface area contributed by atoms with Crippen LogP contribution in [-0.2, 0) is 24.1 Å². The summed E-state index contributed by atoms with van der Waals surface area (Å²) < 4.78 is 41.3. The number of nitrogens with two attached hydrogens (primary N) is 1. The molecule has 0 saturated carbocycles. The number of hydrogen-bond acceptors (Lipinski definition) is 4. The van der Waals surface area contributed by atoms with Crippen LogP contribution in [0.15, 0.2) is 58.2 Å². The van der Waals surface area contributed by atoms with Crippen molar-refractivity contribution in [3.63, 3.8) is 0 Å². The number of primary amides is 1. The Morgan fingerprint density at radius 1 is 1.15 bits per heavy atom. The van der Waals surface area contributed by atoms with Crippen LogP contribution in [0.3, 0.4) is 0 Å². The molecule has 1 aromatic heterocycles. The molecule has 2 heterocycles. The fourth-order valence-corrected chi connectivity index (χ4v) is 4.94. The average molecular weight is 490 g/mol.